The molecule has 1 aliphatic rings. The number of imide groups is 2. The fraction of sp³-hybridized carbons (Fsp3) is 0.0357. The van der Waals surface area contributed by atoms with Crippen LogP contribution >= 0.6 is 0 Å². The normalized spacial score (nSPS) is 14.9. The van der Waals surface area contributed by atoms with Gasteiger partial charge in [0, 0.05) is 5.56 Å². The number of ether oxygens (including phenoxy) is 1. The van der Waals surface area contributed by atoms with Gasteiger partial charge in [-0.3, -0.25) is 14.9 Å². The quantitative estimate of drug-likeness (QED) is 0.311. The van der Waals surface area contributed by atoms with E-state index in [9.17, 15) is 23.9 Å². The van der Waals surface area contributed by atoms with E-state index in [1.165, 1.54) is 42.5 Å². The number of fused-ring (bicyclic) bond motifs is 1. The summed E-state index contributed by atoms with van der Waals surface area (Å²) < 4.78 is 19.6. The maximum Gasteiger partial charge on any atom is 0.335 e. The van der Waals surface area contributed by atoms with Crippen LogP contribution in [-0.4, -0.2) is 23.0 Å². The number of nitrogens with one attached hydrogen (secondary N) is 1. The van der Waals surface area contributed by atoms with Crippen LogP contribution < -0.4 is 15.0 Å². The Kier molecular flexibility index (Phi) is 5.92. The third kappa shape index (κ3) is 4.39. The van der Waals surface area contributed by atoms with Crippen LogP contribution in [0.15, 0.2) is 90.5 Å². The molecule has 0 radical (unpaired) electrons. The Hall–Kier alpha value is -4.98. The van der Waals surface area contributed by atoms with Crippen LogP contribution in [0.2, 0.25) is 0 Å². The van der Waals surface area contributed by atoms with Crippen molar-refractivity contribution in [1.82, 2.24) is 5.32 Å². The molecule has 1 saturated heterocycles. The van der Waals surface area contributed by atoms with Crippen molar-refractivity contribution in [3.63, 3.8) is 0 Å². The predicted molar refractivity (Wildman–Crippen MR) is 132 cm³/mol. The number of phenols is 1. The molecule has 1 aliphatic heterocycles. The number of urea groups is 1. The number of nitrogens with zero attached hydrogens (tertiary/aromatic N) is 1. The van der Waals surface area contributed by atoms with Crippen LogP contribution in [0.4, 0.5) is 14.9 Å². The molecule has 4 aromatic rings. The number of hydrogen-bond acceptors (Lipinski definition) is 5. The number of carbonyl (C=O) groups excluding carboxylic acids is 3. The van der Waals surface area contributed by atoms with Gasteiger partial charge in [0.25, 0.3) is 11.8 Å². The second-order valence-electron chi connectivity index (χ2n) is 8.09. The van der Waals surface area contributed by atoms with Crippen molar-refractivity contribution in [2.24, 2.45) is 0 Å². The highest BCUT2D eigenvalue weighted by Gasteiger charge is 2.37. The van der Waals surface area contributed by atoms with Crippen LogP contribution in [0, 0.1) is 5.82 Å². The van der Waals surface area contributed by atoms with Gasteiger partial charge in [-0.05, 0) is 64.9 Å². The molecule has 0 saturated carbocycles. The second kappa shape index (κ2) is 9.34. The number of halogens is 1. The largest absolute Gasteiger partial charge is 0.508 e. The lowest BCUT2D eigenvalue weighted by Crippen LogP contribution is -2.54. The maximum absolute atomic E-state index is 13.6. The van der Waals surface area contributed by atoms with E-state index in [0.29, 0.717) is 16.9 Å². The zero-order valence-electron chi connectivity index (χ0n) is 18.8. The van der Waals surface area contributed by atoms with Crippen molar-refractivity contribution in [2.45, 2.75) is 6.61 Å². The van der Waals surface area contributed by atoms with Crippen molar-refractivity contribution < 1.29 is 28.6 Å². The van der Waals surface area contributed by atoms with Crippen LogP contribution in [0.3, 0.4) is 0 Å². The summed E-state index contributed by atoms with van der Waals surface area (Å²) >= 11 is 0. The molecule has 0 aliphatic carbocycles. The van der Waals surface area contributed by atoms with Crippen molar-refractivity contribution >= 4 is 40.4 Å². The third-order valence-electron chi connectivity index (χ3n) is 5.71. The topological polar surface area (TPSA) is 95.9 Å². The Bertz CT molecular complexity index is 1550. The number of rotatable bonds is 5. The minimum absolute atomic E-state index is 0.0358. The highest BCUT2D eigenvalue weighted by Crippen LogP contribution is 2.32. The van der Waals surface area contributed by atoms with E-state index in [1.807, 2.05) is 30.3 Å². The molecule has 36 heavy (non-hydrogen) atoms. The van der Waals surface area contributed by atoms with Gasteiger partial charge in [0.1, 0.15) is 29.5 Å². The Morgan fingerprint density at radius 3 is 2.47 bits per heavy atom. The maximum atomic E-state index is 13.6. The molecule has 0 aromatic heterocycles. The zero-order valence-corrected chi connectivity index (χ0v) is 18.8. The number of carbonyl (C=O) groups is 3. The lowest BCUT2D eigenvalue weighted by atomic mass is 9.99. The average Bonchev–Trinajstić information content (AvgIpc) is 2.86. The lowest BCUT2D eigenvalue weighted by molar-refractivity contribution is -0.122. The van der Waals surface area contributed by atoms with Crippen molar-refractivity contribution in [1.29, 1.82) is 0 Å². The Labute approximate surface area is 205 Å². The first kappa shape index (κ1) is 22.8. The van der Waals surface area contributed by atoms with Gasteiger partial charge in [-0.25, -0.2) is 14.1 Å². The van der Waals surface area contributed by atoms with Gasteiger partial charge in [-0.15, -0.1) is 0 Å². The fourth-order valence-electron chi connectivity index (χ4n) is 3.98. The third-order valence-corrected chi connectivity index (χ3v) is 5.71. The molecule has 8 heteroatoms. The van der Waals surface area contributed by atoms with Gasteiger partial charge in [0.15, 0.2) is 0 Å². The zero-order chi connectivity index (χ0) is 25.2. The molecule has 178 valence electrons. The van der Waals surface area contributed by atoms with Gasteiger partial charge in [-0.1, -0.05) is 42.5 Å². The molecule has 1 fully saturated rings. The summed E-state index contributed by atoms with van der Waals surface area (Å²) in [6, 6.07) is 21.5. The number of aromatic hydroxyl groups is 1. The van der Waals surface area contributed by atoms with Crippen molar-refractivity contribution in [3.8, 4) is 11.5 Å². The lowest BCUT2D eigenvalue weighted by Gasteiger charge is -2.26. The second-order valence-corrected chi connectivity index (χ2v) is 8.09. The Morgan fingerprint density at radius 1 is 0.917 bits per heavy atom. The van der Waals surface area contributed by atoms with E-state index >= 15 is 0 Å². The molecule has 0 atom stereocenters. The highest BCUT2D eigenvalue weighted by atomic mass is 19.1. The summed E-state index contributed by atoms with van der Waals surface area (Å²) in [4.78, 5) is 39.4. The summed E-state index contributed by atoms with van der Waals surface area (Å²) in [6.07, 6.45) is 1.39. The number of barbiturate groups is 1. The predicted octanol–water partition coefficient (Wildman–Crippen LogP) is 4.93. The fourth-order valence-corrected chi connectivity index (χ4v) is 3.98. The SMILES string of the molecule is O=C1NC(=O)N(c2ccc(O)cc2)C(=O)C1=Cc1c(OCc2cccc(F)c2)ccc2ccccc12. The summed E-state index contributed by atoms with van der Waals surface area (Å²) in [7, 11) is 0. The molecule has 7 nitrogen and oxygen atoms in total. The van der Waals surface area contributed by atoms with Gasteiger partial charge in [0.2, 0.25) is 0 Å². The van der Waals surface area contributed by atoms with Crippen LogP contribution in [0.5, 0.6) is 11.5 Å². The first-order valence-corrected chi connectivity index (χ1v) is 11.0. The molecule has 0 bridgehead atoms. The summed E-state index contributed by atoms with van der Waals surface area (Å²) in [5.41, 5.74) is 0.990. The number of benzene rings is 4. The van der Waals surface area contributed by atoms with E-state index in [2.05, 4.69) is 5.32 Å². The molecular formula is C28H19FN2O5. The molecule has 5 rings (SSSR count). The van der Waals surface area contributed by atoms with Crippen LogP contribution in [0.25, 0.3) is 16.8 Å². The van der Waals surface area contributed by atoms with E-state index < -0.39 is 17.8 Å². The highest BCUT2D eigenvalue weighted by molar-refractivity contribution is 6.39. The number of hydrogen-bond donors (Lipinski definition) is 2. The van der Waals surface area contributed by atoms with Gasteiger partial charge >= 0.3 is 6.03 Å². The molecular weight excluding hydrogens is 463 g/mol. The molecule has 4 aromatic carbocycles. The van der Waals surface area contributed by atoms with Gasteiger partial charge in [0.05, 0.1) is 5.69 Å². The number of amides is 4. The Morgan fingerprint density at radius 2 is 1.69 bits per heavy atom. The first-order chi connectivity index (χ1) is 17.4. The molecule has 2 N–H and O–H groups in total. The van der Waals surface area contributed by atoms with E-state index in [-0.39, 0.29) is 29.4 Å². The van der Waals surface area contributed by atoms with Gasteiger partial charge < -0.3 is 9.84 Å². The minimum atomic E-state index is -0.895. The standard InChI is InChI=1S/C28H19FN2O5/c29-19-6-3-4-17(14-19)16-36-25-13-8-18-5-1-2-7-22(18)23(25)15-24-26(33)30-28(35)31(27(24)34)20-9-11-21(32)12-10-20/h1-15,32H,16H2,(H,30,33,35). The van der Waals surface area contributed by atoms with E-state index in [0.717, 1.165) is 15.7 Å². The summed E-state index contributed by atoms with van der Waals surface area (Å²) in [5.74, 6) is -1.71. The summed E-state index contributed by atoms with van der Waals surface area (Å²) in [6.45, 7) is 0.0601. The number of anilines is 1. The minimum Gasteiger partial charge on any atom is -0.508 e. The van der Waals surface area contributed by atoms with Crippen LogP contribution in [-0.2, 0) is 16.2 Å². The molecule has 0 unspecified atom stereocenters. The molecule has 0 spiro atoms. The average molecular weight is 482 g/mol. The Balaban J connectivity index is 1.58. The van der Waals surface area contributed by atoms with Crippen molar-refractivity contribution in [2.75, 3.05) is 4.90 Å². The van der Waals surface area contributed by atoms with Crippen molar-refractivity contribution in [3.05, 3.63) is 107 Å². The summed E-state index contributed by atoms with van der Waals surface area (Å²) in [5, 5.41) is 13.3. The van der Waals surface area contributed by atoms with E-state index in [1.54, 1.807) is 18.2 Å². The monoisotopic (exact) mass is 482 g/mol. The smallest absolute Gasteiger partial charge is 0.335 e. The van der Waals surface area contributed by atoms with Crippen LogP contribution in [0.1, 0.15) is 11.1 Å². The molecule has 1 heterocycles. The number of phenolic OH excluding ortho intramolecular Hbond substituents is 1. The van der Waals surface area contributed by atoms with Gasteiger partial charge in [-0.2, -0.15) is 0 Å². The molecule has 4 amide bonds. The first-order valence-electron chi connectivity index (χ1n) is 11.0. The van der Waals surface area contributed by atoms with E-state index in [4.69, 9.17) is 4.74 Å².